The lowest BCUT2D eigenvalue weighted by Gasteiger charge is -2.16. The van der Waals surface area contributed by atoms with Crippen LogP contribution in [0.3, 0.4) is 0 Å². The molecule has 0 radical (unpaired) electrons. The van der Waals surface area contributed by atoms with E-state index in [0.717, 1.165) is 30.5 Å². The highest BCUT2D eigenvalue weighted by molar-refractivity contribution is 5.90. The molecule has 116 valence electrons. The molecule has 2 unspecified atom stereocenters. The molecule has 0 saturated heterocycles. The summed E-state index contributed by atoms with van der Waals surface area (Å²) in [7, 11) is 0. The number of urea groups is 1. The largest absolute Gasteiger partial charge is 0.393 e. The Morgan fingerprint density at radius 2 is 2.19 bits per heavy atom. The summed E-state index contributed by atoms with van der Waals surface area (Å²) in [6.07, 6.45) is 2.57. The van der Waals surface area contributed by atoms with Crippen LogP contribution in [0, 0.1) is 5.92 Å². The number of rotatable bonds is 6. The van der Waals surface area contributed by atoms with Crippen molar-refractivity contribution in [1.29, 1.82) is 0 Å². The third-order valence-corrected chi connectivity index (χ3v) is 3.87. The first-order valence-corrected chi connectivity index (χ1v) is 7.59. The second kappa shape index (κ2) is 8.00. The summed E-state index contributed by atoms with van der Waals surface area (Å²) >= 11 is 0. The summed E-state index contributed by atoms with van der Waals surface area (Å²) in [6.45, 7) is 3.57. The first-order valence-electron chi connectivity index (χ1n) is 7.59. The number of anilines is 1. The molecule has 0 aliphatic heterocycles. The number of carbonyl (C=O) groups excluding carboxylic acids is 1. The van der Waals surface area contributed by atoms with Gasteiger partial charge in [-0.2, -0.15) is 0 Å². The number of carbonyl (C=O) groups is 1. The minimum atomic E-state index is -0.282. The van der Waals surface area contributed by atoms with Crippen LogP contribution in [0.15, 0.2) is 24.3 Å². The van der Waals surface area contributed by atoms with Gasteiger partial charge in [-0.05, 0) is 25.8 Å². The molecule has 1 saturated carbocycles. The second-order valence-corrected chi connectivity index (χ2v) is 5.39. The highest BCUT2D eigenvalue weighted by Crippen LogP contribution is 2.24. The van der Waals surface area contributed by atoms with Crippen LogP contribution < -0.4 is 10.6 Å². The third kappa shape index (κ3) is 4.72. The Hall–Kier alpha value is -1.59. The molecule has 1 aromatic rings. The van der Waals surface area contributed by atoms with Crippen LogP contribution in [0.4, 0.5) is 10.5 Å². The van der Waals surface area contributed by atoms with Crippen molar-refractivity contribution in [2.45, 2.75) is 38.9 Å². The summed E-state index contributed by atoms with van der Waals surface area (Å²) in [5.74, 6) is 0.175. The van der Waals surface area contributed by atoms with Crippen LogP contribution in [0.2, 0.25) is 0 Å². The van der Waals surface area contributed by atoms with Gasteiger partial charge in [0.1, 0.15) is 0 Å². The molecule has 2 atom stereocenters. The summed E-state index contributed by atoms with van der Waals surface area (Å²) in [6, 6.07) is 7.36. The van der Waals surface area contributed by atoms with Gasteiger partial charge in [0, 0.05) is 30.3 Å². The minimum Gasteiger partial charge on any atom is -0.393 e. The Labute approximate surface area is 125 Å². The van der Waals surface area contributed by atoms with E-state index in [1.165, 1.54) is 0 Å². The molecule has 3 N–H and O–H groups in total. The van der Waals surface area contributed by atoms with E-state index in [1.54, 1.807) is 0 Å². The number of aliphatic hydroxyl groups is 1. The van der Waals surface area contributed by atoms with Crippen molar-refractivity contribution in [3.8, 4) is 0 Å². The van der Waals surface area contributed by atoms with E-state index in [2.05, 4.69) is 10.6 Å². The zero-order valence-electron chi connectivity index (χ0n) is 12.5. The maximum Gasteiger partial charge on any atom is 0.319 e. The lowest BCUT2D eigenvalue weighted by molar-refractivity contribution is 0.133. The summed E-state index contributed by atoms with van der Waals surface area (Å²) in [4.78, 5) is 12.0. The molecule has 0 bridgehead atoms. The SMILES string of the molecule is CCOCc1ccccc1NC(=O)NCC1CCCC1O. The van der Waals surface area contributed by atoms with Crippen LogP contribution in [0.25, 0.3) is 0 Å². The molecule has 0 spiro atoms. The molecule has 2 amide bonds. The third-order valence-electron chi connectivity index (χ3n) is 3.87. The molecule has 1 aliphatic rings. The Morgan fingerprint density at radius 3 is 2.90 bits per heavy atom. The van der Waals surface area contributed by atoms with Crippen molar-refractivity contribution in [2.75, 3.05) is 18.5 Å². The van der Waals surface area contributed by atoms with Gasteiger partial charge in [-0.25, -0.2) is 4.79 Å². The zero-order chi connectivity index (χ0) is 15.1. The maximum absolute atomic E-state index is 12.0. The Bertz CT molecular complexity index is 465. The van der Waals surface area contributed by atoms with Crippen molar-refractivity contribution in [3.63, 3.8) is 0 Å². The number of benzene rings is 1. The molecular weight excluding hydrogens is 268 g/mol. The van der Waals surface area contributed by atoms with Gasteiger partial charge >= 0.3 is 6.03 Å². The van der Waals surface area contributed by atoms with Crippen molar-refractivity contribution in [3.05, 3.63) is 29.8 Å². The highest BCUT2D eigenvalue weighted by Gasteiger charge is 2.25. The first-order chi connectivity index (χ1) is 10.2. The van der Waals surface area contributed by atoms with Crippen LogP contribution in [0.1, 0.15) is 31.7 Å². The van der Waals surface area contributed by atoms with Gasteiger partial charge in [0.05, 0.1) is 12.7 Å². The molecule has 21 heavy (non-hydrogen) atoms. The van der Waals surface area contributed by atoms with Crippen molar-refractivity contribution >= 4 is 11.7 Å². The standard InChI is InChI=1S/C16H24N2O3/c1-2-21-11-13-6-3-4-8-14(13)18-16(20)17-10-12-7-5-9-15(12)19/h3-4,6,8,12,15,19H,2,5,7,9-11H2,1H3,(H2,17,18,20). The molecule has 0 aromatic heterocycles. The minimum absolute atomic E-state index is 0.175. The van der Waals surface area contributed by atoms with E-state index in [4.69, 9.17) is 4.74 Å². The number of aliphatic hydroxyl groups excluding tert-OH is 1. The Balaban J connectivity index is 1.84. The summed E-state index contributed by atoms with van der Waals surface area (Å²) in [5, 5.41) is 15.4. The fourth-order valence-electron chi connectivity index (χ4n) is 2.63. The summed E-state index contributed by atoms with van der Waals surface area (Å²) < 4.78 is 5.39. The van der Waals surface area contributed by atoms with E-state index in [0.29, 0.717) is 19.8 Å². The topological polar surface area (TPSA) is 70.6 Å². The van der Waals surface area contributed by atoms with E-state index in [9.17, 15) is 9.90 Å². The van der Waals surface area contributed by atoms with Gasteiger partial charge < -0.3 is 20.5 Å². The van der Waals surface area contributed by atoms with Gasteiger partial charge in [0.25, 0.3) is 0 Å². The quantitative estimate of drug-likeness (QED) is 0.754. The number of nitrogens with one attached hydrogen (secondary N) is 2. The van der Waals surface area contributed by atoms with E-state index < -0.39 is 0 Å². The first kappa shape index (κ1) is 15.8. The number of ether oxygens (including phenoxy) is 1. The number of hydrogen-bond donors (Lipinski definition) is 3. The van der Waals surface area contributed by atoms with Crippen LogP contribution in [-0.2, 0) is 11.3 Å². The lowest BCUT2D eigenvalue weighted by atomic mass is 10.1. The number of hydrogen-bond acceptors (Lipinski definition) is 3. The molecule has 0 heterocycles. The second-order valence-electron chi connectivity index (χ2n) is 5.39. The van der Waals surface area contributed by atoms with Crippen LogP contribution in [0.5, 0.6) is 0 Å². The average Bonchev–Trinajstić information content (AvgIpc) is 2.89. The van der Waals surface area contributed by atoms with Gasteiger partial charge in [-0.15, -0.1) is 0 Å². The lowest BCUT2D eigenvalue weighted by Crippen LogP contribution is -2.35. The monoisotopic (exact) mass is 292 g/mol. The van der Waals surface area contributed by atoms with Gasteiger partial charge in [-0.1, -0.05) is 24.6 Å². The molecule has 1 fully saturated rings. The predicted octanol–water partition coefficient (Wildman–Crippen LogP) is 2.51. The Morgan fingerprint density at radius 1 is 1.38 bits per heavy atom. The normalized spacial score (nSPS) is 21.2. The van der Waals surface area contributed by atoms with Gasteiger partial charge in [-0.3, -0.25) is 0 Å². The highest BCUT2D eigenvalue weighted by atomic mass is 16.5. The molecule has 1 aromatic carbocycles. The van der Waals surface area contributed by atoms with E-state index in [-0.39, 0.29) is 18.1 Å². The van der Waals surface area contributed by atoms with E-state index >= 15 is 0 Å². The van der Waals surface area contributed by atoms with Gasteiger partial charge in [0.15, 0.2) is 0 Å². The smallest absolute Gasteiger partial charge is 0.319 e. The summed E-state index contributed by atoms with van der Waals surface area (Å²) in [5.41, 5.74) is 1.71. The molecule has 2 rings (SSSR count). The molecule has 1 aliphatic carbocycles. The fourth-order valence-corrected chi connectivity index (χ4v) is 2.63. The van der Waals surface area contributed by atoms with Crippen LogP contribution >= 0.6 is 0 Å². The van der Waals surface area contributed by atoms with Gasteiger partial charge in [0.2, 0.25) is 0 Å². The number of para-hydroxylation sites is 1. The Kier molecular flexibility index (Phi) is 6.02. The predicted molar refractivity (Wildman–Crippen MR) is 82.1 cm³/mol. The van der Waals surface area contributed by atoms with Crippen molar-refractivity contribution < 1.29 is 14.6 Å². The average molecular weight is 292 g/mol. The molecule has 5 nitrogen and oxygen atoms in total. The van der Waals surface area contributed by atoms with Crippen molar-refractivity contribution in [2.24, 2.45) is 5.92 Å². The molecular formula is C16H24N2O3. The van der Waals surface area contributed by atoms with Crippen LogP contribution in [-0.4, -0.2) is 30.4 Å². The number of amides is 2. The van der Waals surface area contributed by atoms with E-state index in [1.807, 2.05) is 31.2 Å². The zero-order valence-corrected chi connectivity index (χ0v) is 12.5. The van der Waals surface area contributed by atoms with Crippen molar-refractivity contribution in [1.82, 2.24) is 5.32 Å². The fraction of sp³-hybridized carbons (Fsp3) is 0.562. The maximum atomic E-state index is 12.0. The molecule has 5 heteroatoms.